The van der Waals surface area contributed by atoms with Crippen LogP contribution >= 0.6 is 0 Å². The van der Waals surface area contributed by atoms with Crippen LogP contribution in [0.4, 0.5) is 0 Å². The predicted octanol–water partition coefficient (Wildman–Crippen LogP) is 1.01. The zero-order chi connectivity index (χ0) is 11.8. The fourth-order valence-corrected chi connectivity index (χ4v) is 1.59. The molecule has 0 aliphatic carbocycles. The Labute approximate surface area is 97.1 Å². The third kappa shape index (κ3) is 4.31. The van der Waals surface area contributed by atoms with Crippen LogP contribution in [0.2, 0.25) is 0 Å². The Balaban J connectivity index is 2.28. The first kappa shape index (κ1) is 13.2. The molecule has 3 heteroatoms. The first-order valence-corrected chi connectivity index (χ1v) is 5.74. The van der Waals surface area contributed by atoms with Gasteiger partial charge in [-0.1, -0.05) is 37.3 Å². The van der Waals surface area contributed by atoms with Crippen molar-refractivity contribution in [2.24, 2.45) is 11.8 Å². The molecule has 0 aliphatic heterocycles. The second-order valence-corrected chi connectivity index (χ2v) is 4.22. The number of aliphatic hydroxyl groups is 2. The second kappa shape index (κ2) is 7.39. The van der Waals surface area contributed by atoms with Crippen LogP contribution < -0.4 is 5.32 Å². The van der Waals surface area contributed by atoms with E-state index >= 15 is 0 Å². The van der Waals surface area contributed by atoms with Crippen LogP contribution in [0, 0.1) is 11.8 Å². The highest BCUT2D eigenvalue weighted by molar-refractivity contribution is 5.14. The van der Waals surface area contributed by atoms with E-state index in [0.717, 1.165) is 13.1 Å². The Kier molecular flexibility index (Phi) is 6.08. The summed E-state index contributed by atoms with van der Waals surface area (Å²) in [5.74, 6) is 0.252. The molecule has 1 aromatic rings. The van der Waals surface area contributed by atoms with Gasteiger partial charge in [0.2, 0.25) is 0 Å². The van der Waals surface area contributed by atoms with Gasteiger partial charge >= 0.3 is 0 Å². The maximum Gasteiger partial charge on any atom is 0.0474 e. The van der Waals surface area contributed by atoms with Crippen molar-refractivity contribution in [2.45, 2.75) is 13.5 Å². The Morgan fingerprint density at radius 2 is 1.81 bits per heavy atom. The van der Waals surface area contributed by atoms with Crippen molar-refractivity contribution in [1.82, 2.24) is 5.32 Å². The SMILES string of the molecule is C[C@@H](CO)[C@@H](CO)CNCc1ccccc1. The third-order valence-corrected chi connectivity index (χ3v) is 2.91. The van der Waals surface area contributed by atoms with Crippen molar-refractivity contribution in [3.05, 3.63) is 35.9 Å². The molecule has 0 aliphatic rings. The number of benzene rings is 1. The fraction of sp³-hybridized carbons (Fsp3) is 0.538. The molecule has 0 saturated carbocycles. The van der Waals surface area contributed by atoms with Gasteiger partial charge in [0.25, 0.3) is 0 Å². The summed E-state index contributed by atoms with van der Waals surface area (Å²) in [6.45, 7) is 3.72. The molecule has 0 saturated heterocycles. The van der Waals surface area contributed by atoms with E-state index in [9.17, 15) is 5.11 Å². The molecule has 2 atom stereocenters. The van der Waals surface area contributed by atoms with E-state index < -0.39 is 0 Å². The Morgan fingerprint density at radius 3 is 2.38 bits per heavy atom. The van der Waals surface area contributed by atoms with Gasteiger partial charge in [0.15, 0.2) is 0 Å². The van der Waals surface area contributed by atoms with E-state index in [2.05, 4.69) is 17.4 Å². The van der Waals surface area contributed by atoms with Gasteiger partial charge in [0.05, 0.1) is 0 Å². The lowest BCUT2D eigenvalue weighted by molar-refractivity contribution is 0.128. The molecule has 0 fully saturated rings. The van der Waals surface area contributed by atoms with Crippen LogP contribution in [-0.4, -0.2) is 30.0 Å². The van der Waals surface area contributed by atoms with Crippen molar-refractivity contribution < 1.29 is 10.2 Å². The van der Waals surface area contributed by atoms with Gasteiger partial charge in [0.1, 0.15) is 0 Å². The predicted molar refractivity (Wildman–Crippen MR) is 65.0 cm³/mol. The second-order valence-electron chi connectivity index (χ2n) is 4.22. The lowest BCUT2D eigenvalue weighted by Gasteiger charge is -2.20. The van der Waals surface area contributed by atoms with Gasteiger partial charge in [-0.25, -0.2) is 0 Å². The molecule has 0 heterocycles. The molecule has 1 rings (SSSR count). The average molecular weight is 223 g/mol. The summed E-state index contributed by atoms with van der Waals surface area (Å²) in [6.07, 6.45) is 0. The molecule has 0 spiro atoms. The summed E-state index contributed by atoms with van der Waals surface area (Å²) in [7, 11) is 0. The largest absolute Gasteiger partial charge is 0.396 e. The normalized spacial score (nSPS) is 14.7. The van der Waals surface area contributed by atoms with Crippen molar-refractivity contribution in [3.63, 3.8) is 0 Å². The van der Waals surface area contributed by atoms with E-state index in [1.54, 1.807) is 0 Å². The van der Waals surface area contributed by atoms with Crippen molar-refractivity contribution in [1.29, 1.82) is 0 Å². The van der Waals surface area contributed by atoms with Crippen LogP contribution in [0.3, 0.4) is 0 Å². The summed E-state index contributed by atoms with van der Waals surface area (Å²) in [5, 5.41) is 21.5. The molecule has 3 nitrogen and oxygen atoms in total. The maximum absolute atomic E-state index is 9.17. The van der Waals surface area contributed by atoms with E-state index in [0.29, 0.717) is 0 Å². The zero-order valence-corrected chi connectivity index (χ0v) is 9.76. The van der Waals surface area contributed by atoms with E-state index in [4.69, 9.17) is 5.11 Å². The Bertz CT molecular complexity index is 277. The quantitative estimate of drug-likeness (QED) is 0.646. The number of rotatable bonds is 7. The minimum absolute atomic E-state index is 0.115. The lowest BCUT2D eigenvalue weighted by Crippen LogP contribution is -2.30. The molecular weight excluding hydrogens is 202 g/mol. The van der Waals surface area contributed by atoms with Crippen LogP contribution in [0.5, 0.6) is 0 Å². The molecule has 90 valence electrons. The summed E-state index contributed by atoms with van der Waals surface area (Å²) in [5.41, 5.74) is 1.23. The van der Waals surface area contributed by atoms with E-state index in [-0.39, 0.29) is 25.0 Å². The molecule has 0 aromatic heterocycles. The van der Waals surface area contributed by atoms with Gasteiger partial charge in [-0.15, -0.1) is 0 Å². The maximum atomic E-state index is 9.17. The minimum atomic E-state index is 0.115. The fourth-order valence-electron chi connectivity index (χ4n) is 1.59. The highest BCUT2D eigenvalue weighted by Gasteiger charge is 2.14. The molecule has 0 unspecified atom stereocenters. The zero-order valence-electron chi connectivity index (χ0n) is 9.76. The monoisotopic (exact) mass is 223 g/mol. The van der Waals surface area contributed by atoms with Gasteiger partial charge in [0, 0.05) is 26.3 Å². The molecule has 1 aromatic carbocycles. The topological polar surface area (TPSA) is 52.5 Å². The average Bonchev–Trinajstić information content (AvgIpc) is 2.35. The van der Waals surface area contributed by atoms with Crippen LogP contribution in [0.1, 0.15) is 12.5 Å². The van der Waals surface area contributed by atoms with Gasteiger partial charge in [-0.3, -0.25) is 0 Å². The van der Waals surface area contributed by atoms with Gasteiger partial charge < -0.3 is 15.5 Å². The standard InChI is InChI=1S/C13H21NO2/c1-11(9-15)13(10-16)8-14-7-12-5-3-2-4-6-12/h2-6,11,13-16H,7-10H2,1H3/t11-,13+/m0/s1. The Morgan fingerprint density at radius 1 is 1.12 bits per heavy atom. The summed E-state index contributed by atoms with van der Waals surface area (Å²) >= 11 is 0. The molecule has 0 amide bonds. The first-order chi connectivity index (χ1) is 7.77. The van der Waals surface area contributed by atoms with E-state index in [1.165, 1.54) is 5.56 Å². The third-order valence-electron chi connectivity index (χ3n) is 2.91. The van der Waals surface area contributed by atoms with Crippen LogP contribution in [-0.2, 0) is 6.54 Å². The lowest BCUT2D eigenvalue weighted by atomic mass is 9.95. The molecule has 3 N–H and O–H groups in total. The summed E-state index contributed by atoms with van der Waals surface area (Å²) in [6, 6.07) is 10.1. The molecule has 0 bridgehead atoms. The number of nitrogens with one attached hydrogen (secondary N) is 1. The Hall–Kier alpha value is -0.900. The highest BCUT2D eigenvalue weighted by atomic mass is 16.3. The smallest absolute Gasteiger partial charge is 0.0474 e. The van der Waals surface area contributed by atoms with Crippen molar-refractivity contribution in [2.75, 3.05) is 19.8 Å². The summed E-state index contributed by atoms with van der Waals surface area (Å²) < 4.78 is 0. The minimum Gasteiger partial charge on any atom is -0.396 e. The van der Waals surface area contributed by atoms with E-state index in [1.807, 2.05) is 25.1 Å². The summed E-state index contributed by atoms with van der Waals surface area (Å²) in [4.78, 5) is 0. The first-order valence-electron chi connectivity index (χ1n) is 5.74. The number of aliphatic hydroxyl groups excluding tert-OH is 2. The van der Waals surface area contributed by atoms with Crippen LogP contribution in [0.25, 0.3) is 0 Å². The molecule has 0 radical (unpaired) electrons. The molecular formula is C13H21NO2. The molecule has 16 heavy (non-hydrogen) atoms. The number of hydrogen-bond donors (Lipinski definition) is 3. The van der Waals surface area contributed by atoms with Crippen molar-refractivity contribution >= 4 is 0 Å². The van der Waals surface area contributed by atoms with Gasteiger partial charge in [-0.05, 0) is 17.4 Å². The highest BCUT2D eigenvalue weighted by Crippen LogP contribution is 2.09. The van der Waals surface area contributed by atoms with Crippen LogP contribution in [0.15, 0.2) is 30.3 Å². The van der Waals surface area contributed by atoms with Crippen molar-refractivity contribution in [3.8, 4) is 0 Å². The number of hydrogen-bond acceptors (Lipinski definition) is 3. The van der Waals surface area contributed by atoms with Gasteiger partial charge in [-0.2, -0.15) is 0 Å².